The van der Waals surface area contributed by atoms with Gasteiger partial charge in [0.25, 0.3) is 5.91 Å². The van der Waals surface area contributed by atoms with Gasteiger partial charge in [-0.2, -0.15) is 0 Å². The molecule has 0 unspecified atom stereocenters. The summed E-state index contributed by atoms with van der Waals surface area (Å²) in [7, 11) is 1.51. The Hall–Kier alpha value is -3.66. The van der Waals surface area contributed by atoms with Crippen molar-refractivity contribution in [2.45, 2.75) is 0 Å². The summed E-state index contributed by atoms with van der Waals surface area (Å²) < 4.78 is 7.18. The lowest BCUT2D eigenvalue weighted by Crippen LogP contribution is -2.15. The van der Waals surface area contributed by atoms with E-state index in [2.05, 4.69) is 30.9 Å². The van der Waals surface area contributed by atoms with Crippen molar-refractivity contribution >= 4 is 33.0 Å². The zero-order valence-electron chi connectivity index (χ0n) is 15.0. The van der Waals surface area contributed by atoms with Crippen LogP contribution in [0.2, 0.25) is 0 Å². The van der Waals surface area contributed by atoms with Crippen LogP contribution in [0.3, 0.4) is 0 Å². The molecule has 0 spiro atoms. The van der Waals surface area contributed by atoms with Crippen molar-refractivity contribution in [2.75, 3.05) is 7.11 Å². The molecule has 0 atom stereocenters. The molecule has 0 saturated heterocycles. The number of fused-ring (bicyclic) bond motifs is 1. The van der Waals surface area contributed by atoms with Crippen LogP contribution in [0.15, 0.2) is 51.7 Å². The average Bonchev–Trinajstić information content (AvgIpc) is 3.04. The van der Waals surface area contributed by atoms with Crippen LogP contribution in [0.25, 0.3) is 28.2 Å². The molecule has 0 saturated carbocycles. The van der Waals surface area contributed by atoms with Gasteiger partial charge in [-0.3, -0.25) is 4.79 Å². The normalized spacial score (nSPS) is 11.0. The number of nitrogens with zero attached hydrogens (tertiary/aromatic N) is 3. The topological polar surface area (TPSA) is 136 Å². The predicted octanol–water partition coefficient (Wildman–Crippen LogP) is 2.35. The lowest BCUT2D eigenvalue weighted by atomic mass is 10.2. The number of nitrogens with two attached hydrogens (primary N) is 1. The molecule has 0 aliphatic carbocycles. The van der Waals surface area contributed by atoms with E-state index in [1.165, 1.54) is 17.7 Å². The number of imidazole rings is 1. The Bertz CT molecular complexity index is 1330. The van der Waals surface area contributed by atoms with Gasteiger partial charge in [0.2, 0.25) is 0 Å². The largest absolute Gasteiger partial charge is 0.507 e. The number of carbonyl (C=O) groups excluding carboxylic acids is 1. The zero-order chi connectivity index (χ0) is 20.7. The number of aromatic nitrogens is 4. The summed E-state index contributed by atoms with van der Waals surface area (Å²) in [5, 5.41) is 10.2. The van der Waals surface area contributed by atoms with E-state index >= 15 is 0 Å². The van der Waals surface area contributed by atoms with Crippen molar-refractivity contribution in [2.24, 2.45) is 5.73 Å². The van der Waals surface area contributed by atoms with Crippen molar-refractivity contribution in [3.8, 4) is 28.6 Å². The van der Waals surface area contributed by atoms with Crippen molar-refractivity contribution < 1.29 is 14.6 Å². The first kappa shape index (κ1) is 18.7. The average molecular weight is 456 g/mol. The molecule has 4 aromatic rings. The minimum absolute atomic E-state index is 0.0424. The highest BCUT2D eigenvalue weighted by molar-refractivity contribution is 9.10. The number of halogens is 1. The van der Waals surface area contributed by atoms with Crippen LogP contribution in [0.4, 0.5) is 0 Å². The van der Waals surface area contributed by atoms with Gasteiger partial charge in [-0.1, -0.05) is 22.0 Å². The predicted molar refractivity (Wildman–Crippen MR) is 109 cm³/mol. The number of rotatable bonds is 4. The van der Waals surface area contributed by atoms with Crippen LogP contribution in [0, 0.1) is 0 Å². The Labute approximate surface area is 171 Å². The third kappa shape index (κ3) is 3.23. The molecule has 0 fully saturated rings. The van der Waals surface area contributed by atoms with Gasteiger partial charge >= 0.3 is 5.69 Å². The van der Waals surface area contributed by atoms with E-state index in [0.29, 0.717) is 15.9 Å². The van der Waals surface area contributed by atoms with Gasteiger partial charge in [-0.15, -0.1) is 0 Å². The number of methoxy groups -OCH3 is 1. The number of H-pyrrole nitrogens is 1. The molecule has 4 N–H and O–H groups in total. The summed E-state index contributed by atoms with van der Waals surface area (Å²) >= 11 is 3.33. The SMILES string of the molecule is COc1cccc(-n2c(=O)[nH]c3c(C(N)=O)nc(-c4cc(Br)ccc4O)nc32)c1. The van der Waals surface area contributed by atoms with E-state index in [-0.39, 0.29) is 34.0 Å². The smallest absolute Gasteiger partial charge is 0.332 e. The fourth-order valence-corrected chi connectivity index (χ4v) is 3.32. The summed E-state index contributed by atoms with van der Waals surface area (Å²) in [6, 6.07) is 11.5. The van der Waals surface area contributed by atoms with Gasteiger partial charge in [0.05, 0.1) is 18.4 Å². The van der Waals surface area contributed by atoms with Crippen LogP contribution in [0.5, 0.6) is 11.5 Å². The number of benzene rings is 2. The maximum Gasteiger partial charge on any atom is 0.332 e. The molecule has 2 heterocycles. The van der Waals surface area contributed by atoms with Gasteiger partial charge in [-0.25, -0.2) is 19.3 Å². The van der Waals surface area contributed by atoms with Gasteiger partial charge in [-0.05, 0) is 30.3 Å². The van der Waals surface area contributed by atoms with Crippen molar-refractivity contribution in [1.29, 1.82) is 0 Å². The molecule has 10 heteroatoms. The third-order valence-corrected chi connectivity index (χ3v) is 4.77. The maximum atomic E-state index is 12.7. The number of hydrogen-bond donors (Lipinski definition) is 3. The Balaban J connectivity index is 2.08. The summed E-state index contributed by atoms with van der Waals surface area (Å²) in [5.74, 6) is -0.348. The number of phenolic OH excluding ortho intramolecular Hbond substituents is 1. The van der Waals surface area contributed by atoms with E-state index in [1.54, 1.807) is 36.4 Å². The third-order valence-electron chi connectivity index (χ3n) is 4.28. The molecular formula is C19H14BrN5O4. The number of nitrogens with one attached hydrogen (secondary N) is 1. The Morgan fingerprint density at radius 1 is 1.24 bits per heavy atom. The van der Waals surface area contributed by atoms with Crippen molar-refractivity contribution in [1.82, 2.24) is 19.5 Å². The second-order valence-corrected chi connectivity index (χ2v) is 7.00. The molecule has 29 heavy (non-hydrogen) atoms. The maximum absolute atomic E-state index is 12.7. The van der Waals surface area contributed by atoms with Gasteiger partial charge < -0.3 is 20.6 Å². The number of hydrogen-bond acceptors (Lipinski definition) is 6. The highest BCUT2D eigenvalue weighted by Gasteiger charge is 2.21. The first-order chi connectivity index (χ1) is 13.9. The standard InChI is InChI=1S/C19H14BrN5O4/c1-29-11-4-2-3-10(8-11)25-18-15(23-19(25)28)14(16(21)27)22-17(24-18)12-7-9(20)5-6-13(12)26/h2-8,26H,1H3,(H2,21,27)(H,23,28). The van der Waals surface area contributed by atoms with Gasteiger partial charge in [0.15, 0.2) is 17.2 Å². The van der Waals surface area contributed by atoms with E-state index in [1.807, 2.05) is 0 Å². The second kappa shape index (κ2) is 7.06. The summed E-state index contributed by atoms with van der Waals surface area (Å²) in [4.78, 5) is 35.9. The second-order valence-electron chi connectivity index (χ2n) is 6.09. The minimum atomic E-state index is -0.841. The molecule has 0 bridgehead atoms. The monoisotopic (exact) mass is 455 g/mol. The van der Waals surface area contributed by atoms with Crippen LogP contribution in [-0.2, 0) is 0 Å². The molecule has 146 valence electrons. The fourth-order valence-electron chi connectivity index (χ4n) is 2.96. The first-order valence-electron chi connectivity index (χ1n) is 8.35. The van der Waals surface area contributed by atoms with Crippen LogP contribution < -0.4 is 16.2 Å². The summed E-state index contributed by atoms with van der Waals surface area (Å²) in [5.41, 5.74) is 5.78. The molecule has 2 aromatic heterocycles. The number of ether oxygens (including phenoxy) is 1. The number of aromatic hydroxyl groups is 1. The van der Waals surface area contributed by atoms with Crippen LogP contribution in [-0.4, -0.2) is 37.6 Å². The molecule has 4 rings (SSSR count). The summed E-state index contributed by atoms with van der Waals surface area (Å²) in [6.45, 7) is 0. The number of phenols is 1. The Morgan fingerprint density at radius 3 is 2.76 bits per heavy atom. The van der Waals surface area contributed by atoms with E-state index in [4.69, 9.17) is 10.5 Å². The van der Waals surface area contributed by atoms with Crippen molar-refractivity contribution in [3.63, 3.8) is 0 Å². The van der Waals surface area contributed by atoms with E-state index < -0.39 is 11.6 Å². The molecule has 0 aliphatic rings. The van der Waals surface area contributed by atoms with Crippen molar-refractivity contribution in [3.05, 3.63) is 63.1 Å². The molecule has 1 amide bonds. The molecule has 2 aromatic carbocycles. The van der Waals surface area contributed by atoms with E-state index in [9.17, 15) is 14.7 Å². The van der Waals surface area contributed by atoms with E-state index in [0.717, 1.165) is 0 Å². The number of carbonyl (C=O) groups is 1. The first-order valence-corrected chi connectivity index (χ1v) is 9.14. The zero-order valence-corrected chi connectivity index (χ0v) is 16.6. The molecule has 9 nitrogen and oxygen atoms in total. The van der Waals surface area contributed by atoms with Crippen LogP contribution in [0.1, 0.15) is 10.5 Å². The lowest BCUT2D eigenvalue weighted by Gasteiger charge is -2.09. The van der Waals surface area contributed by atoms with Gasteiger partial charge in [0.1, 0.15) is 17.0 Å². The highest BCUT2D eigenvalue weighted by Crippen LogP contribution is 2.31. The number of primary amides is 1. The Kier molecular flexibility index (Phi) is 4.55. The molecule has 0 radical (unpaired) electrons. The van der Waals surface area contributed by atoms with Crippen LogP contribution >= 0.6 is 15.9 Å². The minimum Gasteiger partial charge on any atom is -0.507 e. The summed E-state index contributed by atoms with van der Waals surface area (Å²) in [6.07, 6.45) is 0. The molecule has 0 aliphatic heterocycles. The number of amides is 1. The quantitative estimate of drug-likeness (QED) is 0.431. The van der Waals surface area contributed by atoms with Gasteiger partial charge in [0, 0.05) is 10.5 Å². The Morgan fingerprint density at radius 2 is 2.03 bits per heavy atom. The lowest BCUT2D eigenvalue weighted by molar-refractivity contribution is 0.0997. The molecular weight excluding hydrogens is 442 g/mol. The highest BCUT2D eigenvalue weighted by atomic mass is 79.9. The fraction of sp³-hybridized carbons (Fsp3) is 0.0526. The number of aromatic amines is 1.